The minimum absolute atomic E-state index is 0.0518. The first-order valence-corrected chi connectivity index (χ1v) is 6.43. The maximum absolute atomic E-state index is 13.9. The summed E-state index contributed by atoms with van der Waals surface area (Å²) >= 11 is 0. The standard InChI is InChI=1S/C14H16FN3O2/c1-4-20-14(19)12-13(9(2)3)18(17-16-12)11-8-6-5-7-10(11)15/h5-9H,4H2,1-3H3. The minimum atomic E-state index is -0.543. The summed E-state index contributed by atoms with van der Waals surface area (Å²) in [6.07, 6.45) is 0. The third-order valence-corrected chi connectivity index (χ3v) is 2.80. The number of hydrogen-bond acceptors (Lipinski definition) is 4. The Hall–Kier alpha value is -2.24. The molecule has 0 fully saturated rings. The predicted octanol–water partition coefficient (Wildman–Crippen LogP) is 2.71. The van der Waals surface area contributed by atoms with Gasteiger partial charge in [-0.15, -0.1) is 5.10 Å². The second kappa shape index (κ2) is 5.81. The summed E-state index contributed by atoms with van der Waals surface area (Å²) in [5.74, 6) is -1.02. The smallest absolute Gasteiger partial charge is 0.360 e. The number of nitrogens with zero attached hydrogens (tertiary/aromatic N) is 3. The molecule has 0 aliphatic rings. The highest BCUT2D eigenvalue weighted by atomic mass is 19.1. The van der Waals surface area contributed by atoms with Gasteiger partial charge in [-0.25, -0.2) is 13.9 Å². The Balaban J connectivity index is 2.56. The molecule has 0 bridgehead atoms. The van der Waals surface area contributed by atoms with Gasteiger partial charge in [0.05, 0.1) is 12.3 Å². The highest BCUT2D eigenvalue weighted by molar-refractivity contribution is 5.88. The first-order valence-electron chi connectivity index (χ1n) is 6.43. The van der Waals surface area contributed by atoms with Gasteiger partial charge in [0.1, 0.15) is 11.5 Å². The van der Waals surface area contributed by atoms with Gasteiger partial charge in [0, 0.05) is 0 Å². The fourth-order valence-electron chi connectivity index (χ4n) is 1.95. The van der Waals surface area contributed by atoms with Crippen LogP contribution in [0.3, 0.4) is 0 Å². The van der Waals surface area contributed by atoms with Crippen LogP contribution in [0.25, 0.3) is 5.69 Å². The van der Waals surface area contributed by atoms with E-state index in [-0.39, 0.29) is 23.9 Å². The van der Waals surface area contributed by atoms with Crippen LogP contribution in [0.4, 0.5) is 4.39 Å². The normalized spacial score (nSPS) is 10.8. The number of esters is 1. The van der Waals surface area contributed by atoms with Gasteiger partial charge in [-0.1, -0.05) is 31.2 Å². The second-order valence-corrected chi connectivity index (χ2v) is 4.56. The molecule has 5 nitrogen and oxygen atoms in total. The van der Waals surface area contributed by atoms with Crippen LogP contribution < -0.4 is 0 Å². The molecule has 0 saturated carbocycles. The lowest BCUT2D eigenvalue weighted by molar-refractivity contribution is 0.0517. The van der Waals surface area contributed by atoms with E-state index in [1.54, 1.807) is 25.1 Å². The Kier molecular flexibility index (Phi) is 4.12. The molecule has 1 aromatic heterocycles. The number of carbonyl (C=O) groups excluding carboxylic acids is 1. The Morgan fingerprint density at radius 3 is 2.70 bits per heavy atom. The molecule has 0 aliphatic carbocycles. The van der Waals surface area contributed by atoms with Crippen LogP contribution in [0.5, 0.6) is 0 Å². The summed E-state index contributed by atoms with van der Waals surface area (Å²) < 4.78 is 20.2. The maximum atomic E-state index is 13.9. The predicted molar refractivity (Wildman–Crippen MR) is 71.4 cm³/mol. The summed E-state index contributed by atoms with van der Waals surface area (Å²) in [4.78, 5) is 11.9. The van der Waals surface area contributed by atoms with Crippen molar-refractivity contribution in [2.75, 3.05) is 6.61 Å². The molecule has 2 aromatic rings. The highest BCUT2D eigenvalue weighted by Gasteiger charge is 2.24. The average Bonchev–Trinajstić information content (AvgIpc) is 2.84. The maximum Gasteiger partial charge on any atom is 0.360 e. The van der Waals surface area contributed by atoms with Gasteiger partial charge in [-0.05, 0) is 25.0 Å². The van der Waals surface area contributed by atoms with Crippen LogP contribution >= 0.6 is 0 Å². The van der Waals surface area contributed by atoms with E-state index in [1.165, 1.54) is 10.7 Å². The lowest BCUT2D eigenvalue weighted by Gasteiger charge is -2.11. The number of rotatable bonds is 4. The van der Waals surface area contributed by atoms with E-state index >= 15 is 0 Å². The van der Waals surface area contributed by atoms with E-state index < -0.39 is 11.8 Å². The van der Waals surface area contributed by atoms with E-state index in [1.807, 2.05) is 13.8 Å². The number of ether oxygens (including phenoxy) is 1. The fourth-order valence-corrected chi connectivity index (χ4v) is 1.95. The number of aromatic nitrogens is 3. The summed E-state index contributed by atoms with van der Waals surface area (Å²) in [5, 5.41) is 7.74. The quantitative estimate of drug-likeness (QED) is 0.806. The third-order valence-electron chi connectivity index (χ3n) is 2.80. The monoisotopic (exact) mass is 277 g/mol. The number of carbonyl (C=O) groups is 1. The highest BCUT2D eigenvalue weighted by Crippen LogP contribution is 2.23. The van der Waals surface area contributed by atoms with E-state index in [9.17, 15) is 9.18 Å². The fraction of sp³-hybridized carbons (Fsp3) is 0.357. The van der Waals surface area contributed by atoms with E-state index in [2.05, 4.69) is 10.3 Å². The Morgan fingerprint density at radius 2 is 2.10 bits per heavy atom. The second-order valence-electron chi connectivity index (χ2n) is 4.56. The van der Waals surface area contributed by atoms with Crippen molar-refractivity contribution in [3.8, 4) is 5.69 Å². The SMILES string of the molecule is CCOC(=O)c1nnn(-c2ccccc2F)c1C(C)C. The van der Waals surface area contributed by atoms with Gasteiger partial charge in [0.2, 0.25) is 0 Å². The van der Waals surface area contributed by atoms with Gasteiger partial charge < -0.3 is 4.74 Å². The van der Waals surface area contributed by atoms with Crippen LogP contribution in [-0.4, -0.2) is 27.6 Å². The van der Waals surface area contributed by atoms with E-state index in [4.69, 9.17) is 4.74 Å². The van der Waals surface area contributed by atoms with Crippen molar-refractivity contribution in [2.24, 2.45) is 0 Å². The molecule has 0 saturated heterocycles. The molecule has 0 aliphatic heterocycles. The van der Waals surface area contributed by atoms with Crippen LogP contribution in [0.1, 0.15) is 42.9 Å². The molecule has 6 heteroatoms. The number of benzene rings is 1. The van der Waals surface area contributed by atoms with Crippen LogP contribution in [0.2, 0.25) is 0 Å². The molecule has 0 spiro atoms. The number of hydrogen-bond donors (Lipinski definition) is 0. The van der Waals surface area contributed by atoms with Crippen molar-refractivity contribution >= 4 is 5.97 Å². The molecule has 0 atom stereocenters. The van der Waals surface area contributed by atoms with Crippen molar-refractivity contribution < 1.29 is 13.9 Å². The molecule has 2 rings (SSSR count). The lowest BCUT2D eigenvalue weighted by Crippen LogP contribution is -2.12. The van der Waals surface area contributed by atoms with E-state index in [0.29, 0.717) is 5.69 Å². The van der Waals surface area contributed by atoms with Crippen molar-refractivity contribution in [3.63, 3.8) is 0 Å². The topological polar surface area (TPSA) is 57.0 Å². The summed E-state index contributed by atoms with van der Waals surface area (Å²) in [7, 11) is 0. The van der Waals surface area contributed by atoms with Gasteiger partial charge >= 0.3 is 5.97 Å². The molecule has 0 radical (unpaired) electrons. The Morgan fingerprint density at radius 1 is 1.40 bits per heavy atom. The van der Waals surface area contributed by atoms with Crippen LogP contribution in [-0.2, 0) is 4.74 Å². The molecular formula is C14H16FN3O2. The molecule has 0 N–H and O–H groups in total. The zero-order valence-electron chi connectivity index (χ0n) is 11.6. The third kappa shape index (κ3) is 2.54. The zero-order valence-corrected chi connectivity index (χ0v) is 11.6. The lowest BCUT2D eigenvalue weighted by atomic mass is 10.1. The summed E-state index contributed by atoms with van der Waals surface area (Å²) in [6, 6.07) is 6.22. The van der Waals surface area contributed by atoms with Crippen molar-refractivity contribution in [3.05, 3.63) is 41.5 Å². The average molecular weight is 277 g/mol. The zero-order chi connectivity index (χ0) is 14.7. The van der Waals surface area contributed by atoms with Gasteiger partial charge in [-0.2, -0.15) is 0 Å². The largest absolute Gasteiger partial charge is 0.461 e. The van der Waals surface area contributed by atoms with Gasteiger partial charge in [0.25, 0.3) is 0 Å². The number of para-hydroxylation sites is 1. The first-order chi connectivity index (χ1) is 9.56. The van der Waals surface area contributed by atoms with Gasteiger partial charge in [-0.3, -0.25) is 0 Å². The molecular weight excluding hydrogens is 261 g/mol. The minimum Gasteiger partial charge on any atom is -0.461 e. The van der Waals surface area contributed by atoms with Crippen molar-refractivity contribution in [1.29, 1.82) is 0 Å². The number of halogens is 1. The molecule has 1 aromatic carbocycles. The first kappa shape index (κ1) is 14.2. The van der Waals surface area contributed by atoms with Crippen LogP contribution in [0, 0.1) is 5.82 Å². The molecule has 0 amide bonds. The summed E-state index contributed by atoms with van der Waals surface area (Å²) in [6.45, 7) is 5.74. The molecule has 0 unspecified atom stereocenters. The molecule has 20 heavy (non-hydrogen) atoms. The van der Waals surface area contributed by atoms with Gasteiger partial charge in [0.15, 0.2) is 5.69 Å². The van der Waals surface area contributed by atoms with E-state index in [0.717, 1.165) is 0 Å². The molecule has 1 heterocycles. The summed E-state index contributed by atoms with van der Waals surface area (Å²) in [5.41, 5.74) is 0.929. The molecule has 106 valence electrons. The van der Waals surface area contributed by atoms with Crippen molar-refractivity contribution in [2.45, 2.75) is 26.7 Å². The Labute approximate surface area is 116 Å². The van der Waals surface area contributed by atoms with Crippen LogP contribution in [0.15, 0.2) is 24.3 Å². The van der Waals surface area contributed by atoms with Crippen molar-refractivity contribution in [1.82, 2.24) is 15.0 Å². The Bertz CT molecular complexity index is 623.